The Morgan fingerprint density at radius 2 is 1.93 bits per heavy atom. The third-order valence-electron chi connectivity index (χ3n) is 1.91. The monoisotopic (exact) mass is 255 g/mol. The van der Waals surface area contributed by atoms with E-state index in [1.807, 2.05) is 0 Å². The first-order chi connectivity index (χ1) is 5.97. The number of benzene rings is 1. The molecule has 14 heavy (non-hydrogen) atoms. The molecule has 0 aliphatic rings. The molecule has 0 radical (unpaired) electrons. The summed E-state index contributed by atoms with van der Waals surface area (Å²) in [6, 6.07) is 5.09. The van der Waals surface area contributed by atoms with Crippen LogP contribution in [0, 0.1) is 0 Å². The SMILES string of the molecule is CC(N)(CO)c1ccc(Cl)c(Cl)c1.Cl. The second kappa shape index (κ2) is 5.19. The fourth-order valence-corrected chi connectivity index (χ4v) is 1.24. The van der Waals surface area contributed by atoms with Gasteiger partial charge in [0.15, 0.2) is 0 Å². The van der Waals surface area contributed by atoms with Crippen LogP contribution in [0.2, 0.25) is 10.0 Å². The molecule has 1 aromatic carbocycles. The first-order valence-corrected chi connectivity index (χ1v) is 4.58. The van der Waals surface area contributed by atoms with Gasteiger partial charge < -0.3 is 10.8 Å². The summed E-state index contributed by atoms with van der Waals surface area (Å²) in [4.78, 5) is 0. The minimum Gasteiger partial charge on any atom is -0.394 e. The van der Waals surface area contributed by atoms with Crippen molar-refractivity contribution in [3.8, 4) is 0 Å². The Kier molecular flexibility index (Phi) is 5.20. The second-order valence-electron chi connectivity index (χ2n) is 3.20. The lowest BCUT2D eigenvalue weighted by molar-refractivity contribution is 0.210. The average Bonchev–Trinajstić information content (AvgIpc) is 2.09. The molecule has 1 aromatic rings. The third kappa shape index (κ3) is 3.01. The summed E-state index contributed by atoms with van der Waals surface area (Å²) in [6.45, 7) is 1.59. The maximum absolute atomic E-state index is 9.01. The molecular weight excluding hydrogens is 244 g/mol. The van der Waals surface area contributed by atoms with E-state index in [2.05, 4.69) is 0 Å². The molecule has 2 nitrogen and oxygen atoms in total. The van der Waals surface area contributed by atoms with Crippen molar-refractivity contribution in [2.45, 2.75) is 12.5 Å². The highest BCUT2D eigenvalue weighted by atomic mass is 35.5. The van der Waals surface area contributed by atoms with Crippen LogP contribution in [0.15, 0.2) is 18.2 Å². The number of hydrogen-bond donors (Lipinski definition) is 2. The third-order valence-corrected chi connectivity index (χ3v) is 2.65. The van der Waals surface area contributed by atoms with Crippen molar-refractivity contribution in [3.05, 3.63) is 33.8 Å². The number of halogens is 3. The van der Waals surface area contributed by atoms with Gasteiger partial charge in [0.25, 0.3) is 0 Å². The Labute approximate surface area is 99.4 Å². The van der Waals surface area contributed by atoms with Crippen LogP contribution in [0.5, 0.6) is 0 Å². The van der Waals surface area contributed by atoms with Crippen LogP contribution >= 0.6 is 35.6 Å². The van der Waals surface area contributed by atoms with Crippen molar-refractivity contribution in [2.75, 3.05) is 6.61 Å². The lowest BCUT2D eigenvalue weighted by atomic mass is 9.94. The molecule has 0 bridgehead atoms. The fourth-order valence-electron chi connectivity index (χ4n) is 0.943. The molecule has 0 aromatic heterocycles. The van der Waals surface area contributed by atoms with E-state index in [1.54, 1.807) is 25.1 Å². The number of aliphatic hydroxyl groups is 1. The minimum atomic E-state index is -0.770. The van der Waals surface area contributed by atoms with Crippen molar-refractivity contribution in [3.63, 3.8) is 0 Å². The summed E-state index contributed by atoms with van der Waals surface area (Å²) in [5, 5.41) is 9.94. The zero-order valence-electron chi connectivity index (χ0n) is 7.63. The van der Waals surface area contributed by atoms with Gasteiger partial charge in [0.2, 0.25) is 0 Å². The molecule has 0 saturated heterocycles. The van der Waals surface area contributed by atoms with Crippen molar-refractivity contribution in [2.24, 2.45) is 5.73 Å². The molecule has 3 N–H and O–H groups in total. The fraction of sp³-hybridized carbons (Fsp3) is 0.333. The van der Waals surface area contributed by atoms with Gasteiger partial charge in [0, 0.05) is 0 Å². The molecule has 0 amide bonds. The Morgan fingerprint density at radius 1 is 1.36 bits per heavy atom. The van der Waals surface area contributed by atoms with E-state index in [-0.39, 0.29) is 19.0 Å². The standard InChI is InChI=1S/C9H11Cl2NO.ClH/c1-9(12,5-13)6-2-3-7(10)8(11)4-6;/h2-4,13H,5,12H2,1H3;1H. The first kappa shape index (κ1) is 14.0. The first-order valence-electron chi connectivity index (χ1n) is 3.82. The van der Waals surface area contributed by atoms with Crippen LogP contribution in [0.25, 0.3) is 0 Å². The largest absolute Gasteiger partial charge is 0.394 e. The molecule has 80 valence electrons. The Hall–Kier alpha value is 0.01000. The summed E-state index contributed by atoms with van der Waals surface area (Å²) in [7, 11) is 0. The van der Waals surface area contributed by atoms with Gasteiger partial charge in [-0.15, -0.1) is 12.4 Å². The molecule has 0 aliphatic heterocycles. The van der Waals surface area contributed by atoms with Crippen molar-refractivity contribution >= 4 is 35.6 Å². The predicted octanol–water partition coefficient (Wildman–Crippen LogP) is 2.58. The zero-order valence-corrected chi connectivity index (χ0v) is 9.96. The summed E-state index contributed by atoms with van der Waals surface area (Å²) < 4.78 is 0. The Balaban J connectivity index is 0.00000169. The lowest BCUT2D eigenvalue weighted by Crippen LogP contribution is -2.36. The molecule has 0 fully saturated rings. The van der Waals surface area contributed by atoms with E-state index in [9.17, 15) is 0 Å². The number of nitrogens with two attached hydrogens (primary N) is 1. The van der Waals surface area contributed by atoms with E-state index in [0.29, 0.717) is 10.0 Å². The summed E-state index contributed by atoms with van der Waals surface area (Å²) >= 11 is 11.5. The second-order valence-corrected chi connectivity index (χ2v) is 4.02. The van der Waals surface area contributed by atoms with E-state index in [1.165, 1.54) is 0 Å². The Bertz CT molecular complexity index is 315. The number of hydrogen-bond acceptors (Lipinski definition) is 2. The zero-order chi connectivity index (χ0) is 10.1. The molecule has 0 saturated carbocycles. The highest BCUT2D eigenvalue weighted by Crippen LogP contribution is 2.26. The molecule has 5 heteroatoms. The van der Waals surface area contributed by atoms with Gasteiger partial charge in [-0.2, -0.15) is 0 Å². The normalized spacial score (nSPS) is 14.4. The van der Waals surface area contributed by atoms with Crippen LogP contribution in [0.4, 0.5) is 0 Å². The van der Waals surface area contributed by atoms with E-state index in [0.717, 1.165) is 5.56 Å². The lowest BCUT2D eigenvalue weighted by Gasteiger charge is -2.22. The predicted molar refractivity (Wildman–Crippen MR) is 62.3 cm³/mol. The van der Waals surface area contributed by atoms with Crippen LogP contribution in [0.3, 0.4) is 0 Å². The maximum atomic E-state index is 9.01. The molecule has 0 spiro atoms. The Morgan fingerprint density at radius 3 is 2.36 bits per heavy atom. The smallest absolute Gasteiger partial charge is 0.0650 e. The molecule has 1 rings (SSSR count). The summed E-state index contributed by atoms with van der Waals surface area (Å²) in [5.41, 5.74) is 5.80. The van der Waals surface area contributed by atoms with Crippen LogP contribution in [0.1, 0.15) is 12.5 Å². The van der Waals surface area contributed by atoms with Gasteiger partial charge in [-0.1, -0.05) is 29.3 Å². The highest BCUT2D eigenvalue weighted by Gasteiger charge is 2.20. The topological polar surface area (TPSA) is 46.2 Å². The van der Waals surface area contributed by atoms with Gasteiger partial charge in [-0.05, 0) is 24.6 Å². The van der Waals surface area contributed by atoms with Crippen molar-refractivity contribution < 1.29 is 5.11 Å². The van der Waals surface area contributed by atoms with Gasteiger partial charge in [-0.3, -0.25) is 0 Å². The number of rotatable bonds is 2. The molecule has 0 aliphatic carbocycles. The molecule has 1 atom stereocenters. The van der Waals surface area contributed by atoms with Crippen LogP contribution in [-0.4, -0.2) is 11.7 Å². The van der Waals surface area contributed by atoms with Crippen LogP contribution in [-0.2, 0) is 5.54 Å². The molecule has 1 unspecified atom stereocenters. The van der Waals surface area contributed by atoms with Gasteiger partial charge in [0.1, 0.15) is 0 Å². The average molecular weight is 257 g/mol. The van der Waals surface area contributed by atoms with Gasteiger partial charge in [0.05, 0.1) is 22.2 Å². The van der Waals surface area contributed by atoms with Crippen LogP contribution < -0.4 is 5.73 Å². The van der Waals surface area contributed by atoms with Crippen molar-refractivity contribution in [1.82, 2.24) is 0 Å². The van der Waals surface area contributed by atoms with E-state index < -0.39 is 5.54 Å². The van der Waals surface area contributed by atoms with E-state index >= 15 is 0 Å². The number of aliphatic hydroxyl groups excluding tert-OH is 1. The quantitative estimate of drug-likeness (QED) is 0.854. The highest BCUT2D eigenvalue weighted by molar-refractivity contribution is 6.42. The summed E-state index contributed by atoms with van der Waals surface area (Å²) in [5.74, 6) is 0. The molecule has 0 heterocycles. The van der Waals surface area contributed by atoms with Gasteiger partial charge in [-0.25, -0.2) is 0 Å². The van der Waals surface area contributed by atoms with Gasteiger partial charge >= 0.3 is 0 Å². The minimum absolute atomic E-state index is 0. The van der Waals surface area contributed by atoms with E-state index in [4.69, 9.17) is 34.0 Å². The maximum Gasteiger partial charge on any atom is 0.0650 e. The summed E-state index contributed by atoms with van der Waals surface area (Å²) in [6.07, 6.45) is 0. The van der Waals surface area contributed by atoms with Crippen molar-refractivity contribution in [1.29, 1.82) is 0 Å². The molecular formula is C9H12Cl3NO.